The fraction of sp³-hybridized carbons (Fsp3) is 0.917. The average Bonchev–Trinajstić information content (AvgIpc) is 2.66. The van der Waals surface area contributed by atoms with Crippen molar-refractivity contribution in [3.05, 3.63) is 0 Å². The topological polar surface area (TPSA) is 40.5 Å². The van der Waals surface area contributed by atoms with Crippen LogP contribution in [-0.2, 0) is 4.79 Å². The zero-order valence-corrected chi connectivity index (χ0v) is 10.7. The fourth-order valence-corrected chi connectivity index (χ4v) is 4.28. The minimum atomic E-state index is -0.645. The predicted molar refractivity (Wildman–Crippen MR) is 66.9 cm³/mol. The predicted octanol–water partition coefficient (Wildman–Crippen LogP) is 2.21. The number of likely N-dealkylation sites (tertiary alicyclic amines) is 1. The Balaban J connectivity index is 1.98. The molecule has 3 unspecified atom stereocenters. The molecule has 0 aromatic rings. The summed E-state index contributed by atoms with van der Waals surface area (Å²) in [7, 11) is 0. The number of hydrogen-bond donors (Lipinski definition) is 1. The standard InChI is InChI=1S/C12H21NO2S/c1-9-11(5-3-7-16-9)13-6-2-4-10(13)8-12(14)15/h9-11H,2-8H2,1H3,(H,14,15). The number of rotatable bonds is 3. The Morgan fingerprint density at radius 2 is 2.25 bits per heavy atom. The number of hydrogen-bond acceptors (Lipinski definition) is 3. The Hall–Kier alpha value is -0.220. The van der Waals surface area contributed by atoms with E-state index in [1.165, 1.54) is 25.0 Å². The van der Waals surface area contributed by atoms with E-state index in [0.717, 1.165) is 13.0 Å². The van der Waals surface area contributed by atoms with Gasteiger partial charge in [0.15, 0.2) is 0 Å². The highest BCUT2D eigenvalue weighted by Gasteiger charge is 2.35. The van der Waals surface area contributed by atoms with Crippen LogP contribution in [0, 0.1) is 0 Å². The van der Waals surface area contributed by atoms with Crippen LogP contribution in [0.3, 0.4) is 0 Å². The van der Waals surface area contributed by atoms with Gasteiger partial charge in [0, 0.05) is 17.3 Å². The molecule has 0 bridgehead atoms. The average molecular weight is 243 g/mol. The van der Waals surface area contributed by atoms with Crippen LogP contribution in [0.15, 0.2) is 0 Å². The molecule has 0 saturated carbocycles. The number of carboxylic acid groups (broad SMARTS) is 1. The molecule has 0 aromatic carbocycles. The van der Waals surface area contributed by atoms with Gasteiger partial charge in [-0.1, -0.05) is 6.92 Å². The van der Waals surface area contributed by atoms with Gasteiger partial charge in [0.05, 0.1) is 6.42 Å². The highest BCUT2D eigenvalue weighted by atomic mass is 32.2. The van der Waals surface area contributed by atoms with Gasteiger partial charge in [-0.2, -0.15) is 11.8 Å². The second kappa shape index (κ2) is 5.41. The van der Waals surface area contributed by atoms with Crippen molar-refractivity contribution in [1.82, 2.24) is 4.90 Å². The van der Waals surface area contributed by atoms with Crippen molar-refractivity contribution in [2.75, 3.05) is 12.3 Å². The molecular weight excluding hydrogens is 222 g/mol. The molecule has 2 aliphatic rings. The van der Waals surface area contributed by atoms with Crippen molar-refractivity contribution in [2.24, 2.45) is 0 Å². The first-order valence-electron chi connectivity index (χ1n) is 6.27. The molecule has 2 saturated heterocycles. The Morgan fingerprint density at radius 3 is 2.94 bits per heavy atom. The van der Waals surface area contributed by atoms with Gasteiger partial charge in [-0.15, -0.1) is 0 Å². The molecule has 16 heavy (non-hydrogen) atoms. The monoisotopic (exact) mass is 243 g/mol. The van der Waals surface area contributed by atoms with Gasteiger partial charge in [-0.25, -0.2) is 0 Å². The number of aliphatic carboxylic acids is 1. The van der Waals surface area contributed by atoms with Gasteiger partial charge in [0.2, 0.25) is 0 Å². The zero-order valence-electron chi connectivity index (χ0n) is 9.89. The normalized spacial score (nSPS) is 36.4. The molecule has 0 spiro atoms. The van der Waals surface area contributed by atoms with Crippen LogP contribution in [0.2, 0.25) is 0 Å². The van der Waals surface area contributed by atoms with Crippen molar-refractivity contribution in [2.45, 2.75) is 56.4 Å². The van der Waals surface area contributed by atoms with Crippen LogP contribution in [0.4, 0.5) is 0 Å². The highest BCUT2D eigenvalue weighted by molar-refractivity contribution is 7.99. The zero-order chi connectivity index (χ0) is 11.5. The SMILES string of the molecule is CC1SCCCC1N1CCCC1CC(=O)O. The Bertz CT molecular complexity index is 259. The molecule has 1 N–H and O–H groups in total. The summed E-state index contributed by atoms with van der Waals surface area (Å²) in [4.78, 5) is 13.3. The largest absolute Gasteiger partial charge is 0.481 e. The van der Waals surface area contributed by atoms with Crippen LogP contribution in [0.5, 0.6) is 0 Å². The summed E-state index contributed by atoms with van der Waals surface area (Å²) in [5.41, 5.74) is 0. The van der Waals surface area contributed by atoms with Crippen LogP contribution >= 0.6 is 11.8 Å². The van der Waals surface area contributed by atoms with Crippen molar-refractivity contribution in [1.29, 1.82) is 0 Å². The maximum Gasteiger partial charge on any atom is 0.304 e. The summed E-state index contributed by atoms with van der Waals surface area (Å²) in [5, 5.41) is 9.59. The van der Waals surface area contributed by atoms with Gasteiger partial charge in [0.1, 0.15) is 0 Å². The number of thioether (sulfide) groups is 1. The first-order chi connectivity index (χ1) is 7.68. The van der Waals surface area contributed by atoms with Crippen molar-refractivity contribution in [3.8, 4) is 0 Å². The Labute approximate surface area is 102 Å². The summed E-state index contributed by atoms with van der Waals surface area (Å²) in [5.74, 6) is 0.628. The quantitative estimate of drug-likeness (QED) is 0.825. The molecule has 3 nitrogen and oxygen atoms in total. The summed E-state index contributed by atoms with van der Waals surface area (Å²) in [6.07, 6.45) is 5.11. The number of carboxylic acids is 1. The minimum absolute atomic E-state index is 0.295. The lowest BCUT2D eigenvalue weighted by Gasteiger charge is -2.38. The van der Waals surface area contributed by atoms with Gasteiger partial charge >= 0.3 is 5.97 Å². The lowest BCUT2D eigenvalue weighted by molar-refractivity contribution is -0.138. The van der Waals surface area contributed by atoms with E-state index in [1.54, 1.807) is 0 Å². The van der Waals surface area contributed by atoms with E-state index in [4.69, 9.17) is 5.11 Å². The van der Waals surface area contributed by atoms with Crippen molar-refractivity contribution >= 4 is 17.7 Å². The van der Waals surface area contributed by atoms with Crippen LogP contribution in [0.25, 0.3) is 0 Å². The molecule has 2 aliphatic heterocycles. The molecule has 0 aromatic heterocycles. The highest BCUT2D eigenvalue weighted by Crippen LogP contribution is 2.33. The van der Waals surface area contributed by atoms with Gasteiger partial charge in [-0.05, 0) is 38.0 Å². The molecule has 4 heteroatoms. The number of carbonyl (C=O) groups is 1. The molecule has 0 aliphatic carbocycles. The van der Waals surface area contributed by atoms with E-state index >= 15 is 0 Å². The Kier molecular flexibility index (Phi) is 4.14. The molecule has 92 valence electrons. The molecule has 3 atom stereocenters. The molecule has 0 amide bonds. The van der Waals surface area contributed by atoms with Crippen LogP contribution in [-0.4, -0.2) is 45.6 Å². The third-order valence-corrected chi connectivity index (χ3v) is 5.19. The third-order valence-electron chi connectivity index (χ3n) is 3.83. The lowest BCUT2D eigenvalue weighted by Crippen LogP contribution is -2.46. The van der Waals surface area contributed by atoms with Gasteiger partial charge in [0.25, 0.3) is 0 Å². The minimum Gasteiger partial charge on any atom is -0.481 e. The third kappa shape index (κ3) is 2.72. The van der Waals surface area contributed by atoms with E-state index in [0.29, 0.717) is 23.8 Å². The van der Waals surface area contributed by atoms with E-state index in [-0.39, 0.29) is 0 Å². The Morgan fingerprint density at radius 1 is 1.44 bits per heavy atom. The molecule has 2 heterocycles. The lowest BCUT2D eigenvalue weighted by atomic mass is 10.0. The smallest absolute Gasteiger partial charge is 0.304 e. The molecular formula is C12H21NO2S. The maximum atomic E-state index is 10.8. The maximum absolute atomic E-state index is 10.8. The summed E-state index contributed by atoms with van der Waals surface area (Å²) in [6.45, 7) is 3.40. The molecule has 2 fully saturated rings. The molecule has 0 radical (unpaired) electrons. The van der Waals surface area contributed by atoms with E-state index in [2.05, 4.69) is 11.8 Å². The van der Waals surface area contributed by atoms with Crippen LogP contribution < -0.4 is 0 Å². The summed E-state index contributed by atoms with van der Waals surface area (Å²) >= 11 is 2.04. The van der Waals surface area contributed by atoms with Crippen molar-refractivity contribution in [3.63, 3.8) is 0 Å². The van der Waals surface area contributed by atoms with Crippen LogP contribution in [0.1, 0.15) is 39.0 Å². The molecule has 2 rings (SSSR count). The first-order valence-corrected chi connectivity index (χ1v) is 7.32. The second-order valence-electron chi connectivity index (χ2n) is 4.92. The van der Waals surface area contributed by atoms with Crippen molar-refractivity contribution < 1.29 is 9.90 Å². The van der Waals surface area contributed by atoms with E-state index in [1.807, 2.05) is 11.8 Å². The van der Waals surface area contributed by atoms with E-state index in [9.17, 15) is 4.79 Å². The van der Waals surface area contributed by atoms with Gasteiger partial charge in [-0.3, -0.25) is 9.69 Å². The fourth-order valence-electron chi connectivity index (χ4n) is 3.06. The second-order valence-corrected chi connectivity index (χ2v) is 6.40. The summed E-state index contributed by atoms with van der Waals surface area (Å²) < 4.78 is 0. The summed E-state index contributed by atoms with van der Waals surface area (Å²) in [6, 6.07) is 0.911. The van der Waals surface area contributed by atoms with Gasteiger partial charge < -0.3 is 5.11 Å². The van der Waals surface area contributed by atoms with E-state index < -0.39 is 5.97 Å². The number of nitrogens with zero attached hydrogens (tertiary/aromatic N) is 1. The first kappa shape index (κ1) is 12.2.